The molecular weight excluding hydrogens is 280 g/mol. The van der Waals surface area contributed by atoms with Gasteiger partial charge in [0.05, 0.1) is 17.2 Å². The molecule has 2 aromatic rings. The van der Waals surface area contributed by atoms with Gasteiger partial charge >= 0.3 is 0 Å². The SMILES string of the molecule is CCOc1ccc(NCc2cc(C#N)cs2)cc1Cl. The molecule has 2 rings (SSSR count). The first-order chi connectivity index (χ1) is 9.22. The molecule has 0 aliphatic rings. The first kappa shape index (κ1) is 13.7. The Morgan fingerprint density at radius 3 is 2.89 bits per heavy atom. The van der Waals surface area contributed by atoms with E-state index < -0.39 is 0 Å². The molecule has 0 fully saturated rings. The lowest BCUT2D eigenvalue weighted by Crippen LogP contribution is -1.98. The maximum absolute atomic E-state index is 8.76. The molecule has 5 heteroatoms. The molecule has 3 nitrogen and oxygen atoms in total. The van der Waals surface area contributed by atoms with Gasteiger partial charge in [-0.15, -0.1) is 11.3 Å². The molecule has 0 radical (unpaired) electrons. The van der Waals surface area contributed by atoms with Crippen LogP contribution in [-0.2, 0) is 6.54 Å². The van der Waals surface area contributed by atoms with E-state index in [1.165, 1.54) is 0 Å². The Labute approximate surface area is 121 Å². The number of halogens is 1. The highest BCUT2D eigenvalue weighted by Crippen LogP contribution is 2.28. The van der Waals surface area contributed by atoms with Gasteiger partial charge in [0.1, 0.15) is 11.8 Å². The quantitative estimate of drug-likeness (QED) is 0.894. The Hall–Kier alpha value is -1.70. The van der Waals surface area contributed by atoms with Crippen molar-refractivity contribution in [3.05, 3.63) is 45.1 Å². The maximum atomic E-state index is 8.76. The van der Waals surface area contributed by atoms with E-state index in [0.717, 1.165) is 10.6 Å². The summed E-state index contributed by atoms with van der Waals surface area (Å²) < 4.78 is 5.38. The van der Waals surface area contributed by atoms with Gasteiger partial charge in [-0.2, -0.15) is 5.26 Å². The highest BCUT2D eigenvalue weighted by atomic mass is 35.5. The van der Waals surface area contributed by atoms with Gasteiger partial charge in [0.2, 0.25) is 0 Å². The van der Waals surface area contributed by atoms with Gasteiger partial charge in [-0.3, -0.25) is 0 Å². The number of hydrogen-bond donors (Lipinski definition) is 1. The van der Waals surface area contributed by atoms with Crippen LogP contribution in [0.3, 0.4) is 0 Å². The zero-order valence-electron chi connectivity index (χ0n) is 10.4. The van der Waals surface area contributed by atoms with E-state index in [2.05, 4.69) is 11.4 Å². The molecule has 1 N–H and O–H groups in total. The minimum absolute atomic E-state index is 0.593. The molecule has 0 aliphatic carbocycles. The Morgan fingerprint density at radius 1 is 1.42 bits per heavy atom. The lowest BCUT2D eigenvalue weighted by molar-refractivity contribution is 0.340. The van der Waals surface area contributed by atoms with Crippen molar-refractivity contribution in [3.8, 4) is 11.8 Å². The molecule has 0 amide bonds. The minimum atomic E-state index is 0.593. The Morgan fingerprint density at radius 2 is 2.26 bits per heavy atom. The summed E-state index contributed by atoms with van der Waals surface area (Å²) in [7, 11) is 0. The monoisotopic (exact) mass is 292 g/mol. The van der Waals surface area contributed by atoms with Crippen LogP contribution in [0.2, 0.25) is 5.02 Å². The molecule has 1 aromatic carbocycles. The lowest BCUT2D eigenvalue weighted by atomic mass is 10.3. The third kappa shape index (κ3) is 3.63. The summed E-state index contributed by atoms with van der Waals surface area (Å²) in [6.07, 6.45) is 0. The summed E-state index contributed by atoms with van der Waals surface area (Å²) in [5.74, 6) is 0.692. The Bertz CT molecular complexity index is 604. The number of nitrogens with one attached hydrogen (secondary N) is 1. The van der Waals surface area contributed by atoms with E-state index in [4.69, 9.17) is 21.6 Å². The van der Waals surface area contributed by atoms with Crippen molar-refractivity contribution in [2.75, 3.05) is 11.9 Å². The zero-order chi connectivity index (χ0) is 13.7. The van der Waals surface area contributed by atoms with Gasteiger partial charge in [0.15, 0.2) is 0 Å². The number of hydrogen-bond acceptors (Lipinski definition) is 4. The van der Waals surface area contributed by atoms with Crippen molar-refractivity contribution < 1.29 is 4.74 Å². The highest BCUT2D eigenvalue weighted by Gasteiger charge is 2.03. The van der Waals surface area contributed by atoms with Crippen LogP contribution in [0.5, 0.6) is 5.75 Å². The van der Waals surface area contributed by atoms with Crippen LogP contribution in [-0.4, -0.2) is 6.61 Å². The Balaban J connectivity index is 2.00. The first-order valence-electron chi connectivity index (χ1n) is 5.86. The number of nitrogens with zero attached hydrogens (tertiary/aromatic N) is 1. The number of benzene rings is 1. The van der Waals surface area contributed by atoms with Crippen molar-refractivity contribution in [3.63, 3.8) is 0 Å². The van der Waals surface area contributed by atoms with E-state index in [1.807, 2.05) is 36.6 Å². The van der Waals surface area contributed by atoms with Crippen molar-refractivity contribution in [1.82, 2.24) is 0 Å². The topological polar surface area (TPSA) is 45.0 Å². The van der Waals surface area contributed by atoms with Crippen LogP contribution in [0.1, 0.15) is 17.4 Å². The van der Waals surface area contributed by atoms with Crippen LogP contribution in [0.4, 0.5) is 5.69 Å². The summed E-state index contributed by atoms with van der Waals surface area (Å²) in [5.41, 5.74) is 1.63. The van der Waals surface area contributed by atoms with E-state index in [0.29, 0.717) is 29.5 Å². The summed E-state index contributed by atoms with van der Waals surface area (Å²) >= 11 is 7.68. The zero-order valence-corrected chi connectivity index (χ0v) is 12.0. The average molecular weight is 293 g/mol. The van der Waals surface area contributed by atoms with E-state index in [1.54, 1.807) is 11.3 Å². The molecule has 0 unspecified atom stereocenters. The van der Waals surface area contributed by atoms with Gasteiger partial charge in [-0.25, -0.2) is 0 Å². The second-order valence-corrected chi connectivity index (χ2v) is 5.25. The fourth-order valence-electron chi connectivity index (χ4n) is 1.60. The van der Waals surface area contributed by atoms with Gasteiger partial charge in [-0.05, 0) is 31.2 Å². The van der Waals surface area contributed by atoms with E-state index in [-0.39, 0.29) is 0 Å². The second-order valence-electron chi connectivity index (χ2n) is 3.85. The largest absolute Gasteiger partial charge is 0.492 e. The molecule has 0 atom stereocenters. The van der Waals surface area contributed by atoms with Crippen LogP contribution >= 0.6 is 22.9 Å². The minimum Gasteiger partial charge on any atom is -0.492 e. The van der Waals surface area contributed by atoms with Gasteiger partial charge in [-0.1, -0.05) is 11.6 Å². The van der Waals surface area contributed by atoms with Crippen LogP contribution in [0.15, 0.2) is 29.6 Å². The molecule has 0 saturated heterocycles. The summed E-state index contributed by atoms with van der Waals surface area (Å²) in [6.45, 7) is 3.20. The van der Waals surface area contributed by atoms with E-state index in [9.17, 15) is 0 Å². The third-order valence-electron chi connectivity index (χ3n) is 2.48. The smallest absolute Gasteiger partial charge is 0.138 e. The first-order valence-corrected chi connectivity index (χ1v) is 7.12. The fraction of sp³-hybridized carbons (Fsp3) is 0.214. The van der Waals surface area contributed by atoms with Crippen LogP contribution in [0, 0.1) is 11.3 Å². The Kier molecular flexibility index (Phi) is 4.67. The highest BCUT2D eigenvalue weighted by molar-refractivity contribution is 7.10. The molecule has 98 valence electrons. The number of anilines is 1. The molecule has 19 heavy (non-hydrogen) atoms. The molecule has 0 saturated carbocycles. The van der Waals surface area contributed by atoms with Crippen molar-refractivity contribution in [2.45, 2.75) is 13.5 Å². The molecule has 1 heterocycles. The van der Waals surface area contributed by atoms with Crippen molar-refractivity contribution in [1.29, 1.82) is 5.26 Å². The third-order valence-corrected chi connectivity index (χ3v) is 3.71. The number of nitriles is 1. The summed E-state index contributed by atoms with van der Waals surface area (Å²) in [5, 5.41) is 14.5. The summed E-state index contributed by atoms with van der Waals surface area (Å²) in [4.78, 5) is 1.11. The standard InChI is InChI=1S/C14H13ClN2OS/c1-2-18-14-4-3-11(6-13(14)15)17-8-12-5-10(7-16)9-19-12/h3-6,9,17H,2,8H2,1H3. The van der Waals surface area contributed by atoms with Crippen molar-refractivity contribution >= 4 is 28.6 Å². The number of ether oxygens (including phenoxy) is 1. The predicted octanol–water partition coefficient (Wildman–Crippen LogP) is 4.28. The summed E-state index contributed by atoms with van der Waals surface area (Å²) in [6, 6.07) is 9.62. The fourth-order valence-corrected chi connectivity index (χ4v) is 2.59. The van der Waals surface area contributed by atoms with Gasteiger partial charge in [0, 0.05) is 22.5 Å². The normalized spacial score (nSPS) is 9.95. The van der Waals surface area contributed by atoms with Crippen LogP contribution < -0.4 is 10.1 Å². The molecule has 1 aromatic heterocycles. The van der Waals surface area contributed by atoms with Gasteiger partial charge < -0.3 is 10.1 Å². The van der Waals surface area contributed by atoms with E-state index >= 15 is 0 Å². The van der Waals surface area contributed by atoms with Gasteiger partial charge in [0.25, 0.3) is 0 Å². The number of rotatable bonds is 5. The average Bonchev–Trinajstić information content (AvgIpc) is 2.87. The molecule has 0 aliphatic heterocycles. The van der Waals surface area contributed by atoms with Crippen LogP contribution in [0.25, 0.3) is 0 Å². The second kappa shape index (κ2) is 6.46. The molecule has 0 spiro atoms. The lowest BCUT2D eigenvalue weighted by Gasteiger charge is -2.09. The predicted molar refractivity (Wildman–Crippen MR) is 79.0 cm³/mol. The molecule has 0 bridgehead atoms. The molecular formula is C14H13ClN2OS. The van der Waals surface area contributed by atoms with Crippen molar-refractivity contribution in [2.24, 2.45) is 0 Å². The maximum Gasteiger partial charge on any atom is 0.138 e. The number of thiophene rings is 1.